The topological polar surface area (TPSA) is 70.2 Å². The molecule has 2 aromatic heterocycles. The van der Waals surface area contributed by atoms with Crippen molar-refractivity contribution in [1.29, 1.82) is 0 Å². The number of rotatable bonds is 5. The van der Waals surface area contributed by atoms with Crippen molar-refractivity contribution in [2.75, 3.05) is 25.5 Å². The maximum Gasteiger partial charge on any atom is 0.189 e. The van der Waals surface area contributed by atoms with E-state index in [0.29, 0.717) is 29.3 Å². The smallest absolute Gasteiger partial charge is 0.189 e. The first kappa shape index (κ1) is 20.2. The first-order chi connectivity index (χ1) is 15.1. The molecule has 0 amide bonds. The maximum absolute atomic E-state index is 13.5. The zero-order chi connectivity index (χ0) is 21.4. The van der Waals surface area contributed by atoms with Crippen molar-refractivity contribution >= 4 is 16.7 Å². The number of anilines is 1. The van der Waals surface area contributed by atoms with Crippen molar-refractivity contribution < 1.29 is 9.13 Å². The Balaban J connectivity index is 1.29. The molecule has 3 heterocycles. The molecule has 0 radical (unpaired) electrons. The minimum absolute atomic E-state index is 0.140. The van der Waals surface area contributed by atoms with Crippen molar-refractivity contribution in [3.63, 3.8) is 0 Å². The van der Waals surface area contributed by atoms with Gasteiger partial charge in [0.2, 0.25) is 0 Å². The van der Waals surface area contributed by atoms with Gasteiger partial charge in [0.15, 0.2) is 5.43 Å². The SMILES string of the molecule is CO[C@@H]1C[C@H]2CN(Cc3cc(=O)c4cc(F)ccc4[nH]3)C[C@H]2C[C@H]1Nc1ccccn1. The fourth-order valence-electron chi connectivity index (χ4n) is 5.29. The van der Waals surface area contributed by atoms with E-state index in [-0.39, 0.29) is 17.6 Å². The van der Waals surface area contributed by atoms with Crippen LogP contribution in [0.1, 0.15) is 18.5 Å². The lowest BCUT2D eigenvalue weighted by Crippen LogP contribution is -2.44. The Morgan fingerprint density at radius 2 is 2.03 bits per heavy atom. The Morgan fingerprint density at radius 1 is 1.19 bits per heavy atom. The van der Waals surface area contributed by atoms with Gasteiger partial charge in [0.05, 0.1) is 12.1 Å². The Bertz CT molecular complexity index is 1120. The monoisotopic (exact) mass is 422 g/mol. The number of hydrogen-bond acceptors (Lipinski definition) is 5. The number of hydrogen-bond donors (Lipinski definition) is 2. The normalized spacial score (nSPS) is 26.1. The number of H-pyrrole nitrogens is 1. The molecule has 2 N–H and O–H groups in total. The number of aromatic amines is 1. The molecule has 31 heavy (non-hydrogen) atoms. The van der Waals surface area contributed by atoms with E-state index in [9.17, 15) is 9.18 Å². The number of halogens is 1. The first-order valence-electron chi connectivity index (χ1n) is 10.8. The lowest BCUT2D eigenvalue weighted by Gasteiger charge is -2.37. The van der Waals surface area contributed by atoms with Crippen LogP contribution in [-0.4, -0.2) is 47.2 Å². The van der Waals surface area contributed by atoms with E-state index >= 15 is 0 Å². The summed E-state index contributed by atoms with van der Waals surface area (Å²) in [4.78, 5) is 22.6. The molecule has 0 bridgehead atoms. The van der Waals surface area contributed by atoms with Crippen molar-refractivity contribution in [3.8, 4) is 0 Å². The van der Waals surface area contributed by atoms with E-state index in [2.05, 4.69) is 20.2 Å². The van der Waals surface area contributed by atoms with Crippen LogP contribution in [0.4, 0.5) is 10.2 Å². The number of pyridine rings is 2. The molecule has 2 aliphatic rings. The van der Waals surface area contributed by atoms with Crippen LogP contribution in [0, 0.1) is 17.7 Å². The van der Waals surface area contributed by atoms with Gasteiger partial charge < -0.3 is 15.0 Å². The number of ether oxygens (including phenoxy) is 1. The van der Waals surface area contributed by atoms with Crippen LogP contribution >= 0.6 is 0 Å². The second-order valence-electron chi connectivity index (χ2n) is 8.77. The Labute approximate surface area is 180 Å². The highest BCUT2D eigenvalue weighted by atomic mass is 19.1. The summed E-state index contributed by atoms with van der Waals surface area (Å²) in [6.07, 6.45) is 3.99. The zero-order valence-electron chi connectivity index (χ0n) is 17.6. The molecule has 1 saturated carbocycles. The second-order valence-corrected chi connectivity index (χ2v) is 8.77. The second kappa shape index (κ2) is 8.40. The van der Waals surface area contributed by atoms with Gasteiger partial charge in [-0.05, 0) is 55.0 Å². The number of methoxy groups -OCH3 is 1. The third-order valence-electron chi connectivity index (χ3n) is 6.74. The number of fused-ring (bicyclic) bond motifs is 2. The molecule has 1 saturated heterocycles. The summed E-state index contributed by atoms with van der Waals surface area (Å²) in [5.41, 5.74) is 1.41. The fraction of sp³-hybridized carbons (Fsp3) is 0.417. The quantitative estimate of drug-likeness (QED) is 0.660. The summed E-state index contributed by atoms with van der Waals surface area (Å²) in [6.45, 7) is 2.67. The molecular formula is C24H27FN4O2. The van der Waals surface area contributed by atoms with E-state index in [0.717, 1.165) is 37.4 Å². The fourth-order valence-corrected chi connectivity index (χ4v) is 5.29. The average Bonchev–Trinajstić information content (AvgIpc) is 3.15. The molecule has 5 rings (SSSR count). The minimum Gasteiger partial charge on any atom is -0.379 e. The standard InChI is InChI=1S/C24H27FN4O2/c1-31-23-9-16-13-29(12-15(16)8-21(23)28-24-4-2-3-7-26-24)14-18-11-22(30)19-10-17(25)5-6-20(19)27-18/h2-7,10-11,15-16,21,23H,8-9,12-14H2,1H3,(H,26,28)(H,27,30)/t15-,16+,21-,23-/m1/s1. The van der Waals surface area contributed by atoms with Gasteiger partial charge in [-0.25, -0.2) is 9.37 Å². The summed E-state index contributed by atoms with van der Waals surface area (Å²) in [5, 5.41) is 3.95. The first-order valence-corrected chi connectivity index (χ1v) is 10.8. The van der Waals surface area contributed by atoms with Gasteiger partial charge in [-0.15, -0.1) is 0 Å². The summed E-state index contributed by atoms with van der Waals surface area (Å²) in [7, 11) is 1.79. The minimum atomic E-state index is -0.393. The van der Waals surface area contributed by atoms with Gasteiger partial charge >= 0.3 is 0 Å². The van der Waals surface area contributed by atoms with Crippen LogP contribution in [-0.2, 0) is 11.3 Å². The third kappa shape index (κ3) is 4.20. The number of benzene rings is 1. The molecule has 7 heteroatoms. The van der Waals surface area contributed by atoms with E-state index in [4.69, 9.17) is 4.74 Å². The highest BCUT2D eigenvalue weighted by molar-refractivity contribution is 5.78. The number of aromatic nitrogens is 2. The van der Waals surface area contributed by atoms with Crippen LogP contribution in [0.3, 0.4) is 0 Å². The van der Waals surface area contributed by atoms with Gasteiger partial charge in [0.25, 0.3) is 0 Å². The van der Waals surface area contributed by atoms with Crippen LogP contribution in [0.2, 0.25) is 0 Å². The zero-order valence-corrected chi connectivity index (χ0v) is 17.6. The molecule has 162 valence electrons. The number of likely N-dealkylation sites (tertiary alicyclic amines) is 1. The third-order valence-corrected chi connectivity index (χ3v) is 6.74. The average molecular weight is 423 g/mol. The molecule has 0 unspecified atom stereocenters. The number of nitrogens with one attached hydrogen (secondary N) is 2. The van der Waals surface area contributed by atoms with Crippen LogP contribution in [0.15, 0.2) is 53.5 Å². The lowest BCUT2D eigenvalue weighted by molar-refractivity contribution is 0.0304. The summed E-state index contributed by atoms with van der Waals surface area (Å²) >= 11 is 0. The van der Waals surface area contributed by atoms with Crippen molar-refractivity contribution in [2.45, 2.75) is 31.5 Å². The molecule has 1 aliphatic carbocycles. The maximum atomic E-state index is 13.5. The molecule has 1 aliphatic heterocycles. The van der Waals surface area contributed by atoms with E-state index in [1.54, 1.807) is 25.4 Å². The number of nitrogens with zero attached hydrogens (tertiary/aromatic N) is 2. The van der Waals surface area contributed by atoms with Crippen LogP contribution < -0.4 is 10.7 Å². The predicted molar refractivity (Wildman–Crippen MR) is 118 cm³/mol. The van der Waals surface area contributed by atoms with Gasteiger partial charge in [-0.2, -0.15) is 0 Å². The van der Waals surface area contributed by atoms with Crippen molar-refractivity contribution in [2.24, 2.45) is 11.8 Å². The van der Waals surface area contributed by atoms with Gasteiger partial charge in [0.1, 0.15) is 11.6 Å². The highest BCUT2D eigenvalue weighted by Crippen LogP contribution is 2.38. The van der Waals surface area contributed by atoms with Crippen LogP contribution in [0.5, 0.6) is 0 Å². The van der Waals surface area contributed by atoms with E-state index in [1.807, 2.05) is 18.2 Å². The van der Waals surface area contributed by atoms with Crippen LogP contribution in [0.25, 0.3) is 10.9 Å². The Morgan fingerprint density at radius 3 is 2.81 bits per heavy atom. The van der Waals surface area contributed by atoms with Gasteiger partial charge in [-0.3, -0.25) is 9.69 Å². The van der Waals surface area contributed by atoms with E-state index < -0.39 is 5.82 Å². The Hall–Kier alpha value is -2.77. The van der Waals surface area contributed by atoms with Crippen molar-refractivity contribution in [1.82, 2.24) is 14.9 Å². The van der Waals surface area contributed by atoms with Gasteiger partial charge in [-0.1, -0.05) is 6.07 Å². The molecule has 3 aromatic rings. The molecule has 0 spiro atoms. The lowest BCUT2D eigenvalue weighted by atomic mass is 9.77. The highest BCUT2D eigenvalue weighted by Gasteiger charge is 2.42. The molecular weight excluding hydrogens is 395 g/mol. The molecule has 6 nitrogen and oxygen atoms in total. The molecule has 4 atom stereocenters. The largest absolute Gasteiger partial charge is 0.379 e. The predicted octanol–water partition coefficient (Wildman–Crippen LogP) is 3.40. The van der Waals surface area contributed by atoms with Crippen molar-refractivity contribution in [3.05, 3.63) is 70.4 Å². The molecule has 2 fully saturated rings. The summed E-state index contributed by atoms with van der Waals surface area (Å²) < 4.78 is 19.3. The van der Waals surface area contributed by atoms with Gasteiger partial charge in [0, 0.05) is 55.6 Å². The summed E-state index contributed by atoms with van der Waals surface area (Å²) in [6, 6.07) is 12.0. The molecule has 1 aromatic carbocycles. The Kier molecular flexibility index (Phi) is 5.46. The summed E-state index contributed by atoms with van der Waals surface area (Å²) in [5.74, 6) is 1.64. The van der Waals surface area contributed by atoms with E-state index in [1.165, 1.54) is 12.1 Å².